The molecule has 3 amide bonds. The third-order valence-corrected chi connectivity index (χ3v) is 5.53. The lowest BCUT2D eigenvalue weighted by molar-refractivity contribution is -0.115. The van der Waals surface area contributed by atoms with Crippen LogP contribution in [0.25, 0.3) is 0 Å². The van der Waals surface area contributed by atoms with Crippen molar-refractivity contribution in [3.8, 4) is 0 Å². The number of amides is 3. The number of nitrogens with zero attached hydrogens (tertiary/aromatic N) is 1. The Balaban J connectivity index is 1.47. The Kier molecular flexibility index (Phi) is 4.19. The maximum absolute atomic E-state index is 12.3. The summed E-state index contributed by atoms with van der Waals surface area (Å²) >= 11 is 1.41. The molecule has 2 aromatic rings. The van der Waals surface area contributed by atoms with Gasteiger partial charge >= 0.3 is 5.97 Å². The SMILES string of the molecule is CC1Sc2ccc(C(=O)OCN3C(=O)c4ccccc4C3=O)cc2NC1=O. The number of rotatable bonds is 3. The van der Waals surface area contributed by atoms with Crippen LogP contribution in [-0.4, -0.2) is 40.6 Å². The average Bonchev–Trinajstić information content (AvgIpc) is 2.91. The van der Waals surface area contributed by atoms with E-state index in [4.69, 9.17) is 4.74 Å². The highest BCUT2D eigenvalue weighted by Gasteiger charge is 2.36. The van der Waals surface area contributed by atoms with E-state index >= 15 is 0 Å². The van der Waals surface area contributed by atoms with Crippen molar-refractivity contribution in [1.82, 2.24) is 4.90 Å². The molecular weight excluding hydrogens is 368 g/mol. The lowest BCUT2D eigenvalue weighted by Gasteiger charge is -2.21. The third-order valence-electron chi connectivity index (χ3n) is 4.35. The summed E-state index contributed by atoms with van der Waals surface area (Å²) in [5.74, 6) is -1.81. The van der Waals surface area contributed by atoms with Gasteiger partial charge in [0.1, 0.15) is 0 Å². The van der Waals surface area contributed by atoms with Crippen LogP contribution >= 0.6 is 11.8 Å². The fraction of sp³-hybridized carbons (Fsp3) is 0.158. The first-order valence-electron chi connectivity index (χ1n) is 8.19. The number of carbonyl (C=O) groups excluding carboxylic acids is 4. The number of anilines is 1. The summed E-state index contributed by atoms with van der Waals surface area (Å²) in [6.45, 7) is 1.33. The Morgan fingerprint density at radius 2 is 1.78 bits per heavy atom. The van der Waals surface area contributed by atoms with Crippen LogP contribution < -0.4 is 5.32 Å². The lowest BCUT2D eigenvalue weighted by Crippen LogP contribution is -2.33. The first kappa shape index (κ1) is 17.3. The van der Waals surface area contributed by atoms with E-state index in [-0.39, 0.29) is 16.7 Å². The molecule has 7 nitrogen and oxygen atoms in total. The van der Waals surface area contributed by atoms with Crippen LogP contribution in [0.2, 0.25) is 0 Å². The Hall–Kier alpha value is -3.13. The van der Waals surface area contributed by atoms with Crippen LogP contribution in [0, 0.1) is 0 Å². The zero-order chi connectivity index (χ0) is 19.1. The summed E-state index contributed by atoms with van der Waals surface area (Å²) in [7, 11) is 0. The zero-order valence-corrected chi connectivity index (χ0v) is 15.0. The van der Waals surface area contributed by atoms with Crippen molar-refractivity contribution < 1.29 is 23.9 Å². The summed E-state index contributed by atoms with van der Waals surface area (Å²) in [6, 6.07) is 11.3. The predicted molar refractivity (Wildman–Crippen MR) is 97.6 cm³/mol. The molecule has 2 aromatic carbocycles. The number of thioether (sulfide) groups is 1. The second kappa shape index (κ2) is 6.55. The third kappa shape index (κ3) is 2.97. The summed E-state index contributed by atoms with van der Waals surface area (Å²) in [4.78, 5) is 50.4. The summed E-state index contributed by atoms with van der Waals surface area (Å²) in [5, 5.41) is 2.54. The van der Waals surface area contributed by atoms with Crippen LogP contribution in [0.15, 0.2) is 47.4 Å². The van der Waals surface area contributed by atoms with E-state index in [1.807, 2.05) is 0 Å². The minimum atomic E-state index is -0.688. The van der Waals surface area contributed by atoms with Gasteiger partial charge in [0.2, 0.25) is 5.91 Å². The smallest absolute Gasteiger partial charge is 0.339 e. The summed E-state index contributed by atoms with van der Waals surface area (Å²) in [5.41, 5.74) is 1.35. The fourth-order valence-corrected chi connectivity index (χ4v) is 3.83. The molecule has 4 rings (SSSR count). The number of nitrogens with one attached hydrogen (secondary N) is 1. The van der Waals surface area contributed by atoms with Gasteiger partial charge in [-0.15, -0.1) is 11.8 Å². The Labute approximate surface area is 158 Å². The van der Waals surface area contributed by atoms with E-state index in [1.165, 1.54) is 17.8 Å². The standard InChI is InChI=1S/C19H14N2O5S/c1-10-16(22)20-14-8-11(6-7-15(14)27-10)19(25)26-9-21-17(23)12-4-2-3-5-13(12)18(21)24/h2-8,10H,9H2,1H3,(H,20,22). The summed E-state index contributed by atoms with van der Waals surface area (Å²) < 4.78 is 5.15. The predicted octanol–water partition coefficient (Wildman–Crippen LogP) is 2.53. The molecule has 0 aromatic heterocycles. The van der Waals surface area contributed by atoms with E-state index in [0.29, 0.717) is 16.8 Å². The van der Waals surface area contributed by atoms with Gasteiger partial charge in [0.15, 0.2) is 6.73 Å². The first-order chi connectivity index (χ1) is 13.0. The number of ether oxygens (including phenoxy) is 1. The van der Waals surface area contributed by atoms with Gasteiger partial charge in [0.05, 0.1) is 27.6 Å². The van der Waals surface area contributed by atoms with Gasteiger partial charge in [0.25, 0.3) is 11.8 Å². The van der Waals surface area contributed by atoms with Gasteiger partial charge in [-0.2, -0.15) is 0 Å². The highest BCUT2D eigenvalue weighted by atomic mass is 32.2. The molecule has 0 saturated heterocycles. The fourth-order valence-electron chi connectivity index (χ4n) is 2.90. The highest BCUT2D eigenvalue weighted by Crippen LogP contribution is 2.36. The molecule has 0 bridgehead atoms. The number of hydrogen-bond donors (Lipinski definition) is 1. The molecular formula is C19H14N2O5S. The van der Waals surface area contributed by atoms with E-state index in [9.17, 15) is 19.2 Å². The number of carbonyl (C=O) groups is 4. The van der Waals surface area contributed by atoms with Crippen molar-refractivity contribution in [3.05, 3.63) is 59.2 Å². The molecule has 0 saturated carbocycles. The highest BCUT2D eigenvalue weighted by molar-refractivity contribution is 8.00. The van der Waals surface area contributed by atoms with Gasteiger partial charge in [0, 0.05) is 4.90 Å². The molecule has 8 heteroatoms. The topological polar surface area (TPSA) is 92.8 Å². The quantitative estimate of drug-likeness (QED) is 0.648. The summed E-state index contributed by atoms with van der Waals surface area (Å²) in [6.07, 6.45) is 0. The van der Waals surface area contributed by atoms with E-state index < -0.39 is 24.5 Å². The molecule has 0 fully saturated rings. The molecule has 0 aliphatic carbocycles. The number of imide groups is 1. The largest absolute Gasteiger partial charge is 0.440 e. The van der Waals surface area contributed by atoms with E-state index in [1.54, 1.807) is 43.3 Å². The molecule has 2 aliphatic heterocycles. The van der Waals surface area contributed by atoms with Crippen LogP contribution in [0.3, 0.4) is 0 Å². The Bertz CT molecular complexity index is 968. The van der Waals surface area contributed by atoms with Gasteiger partial charge < -0.3 is 10.1 Å². The number of fused-ring (bicyclic) bond motifs is 2. The number of benzene rings is 2. The van der Waals surface area contributed by atoms with Crippen molar-refractivity contribution >= 4 is 41.1 Å². The minimum absolute atomic E-state index is 0.135. The Morgan fingerprint density at radius 3 is 2.44 bits per heavy atom. The maximum Gasteiger partial charge on any atom is 0.339 e. The minimum Gasteiger partial charge on any atom is -0.440 e. The van der Waals surface area contributed by atoms with Gasteiger partial charge in [-0.1, -0.05) is 12.1 Å². The van der Waals surface area contributed by atoms with Crippen LogP contribution in [0.4, 0.5) is 5.69 Å². The van der Waals surface area contributed by atoms with Gasteiger partial charge in [-0.25, -0.2) is 9.69 Å². The Morgan fingerprint density at radius 1 is 1.11 bits per heavy atom. The van der Waals surface area contributed by atoms with Gasteiger partial charge in [-0.05, 0) is 37.3 Å². The zero-order valence-electron chi connectivity index (χ0n) is 14.2. The molecule has 136 valence electrons. The lowest BCUT2D eigenvalue weighted by atomic mass is 10.1. The number of hydrogen-bond acceptors (Lipinski definition) is 6. The maximum atomic E-state index is 12.3. The van der Waals surface area contributed by atoms with E-state index in [0.717, 1.165) is 9.80 Å². The average molecular weight is 382 g/mol. The van der Waals surface area contributed by atoms with Gasteiger partial charge in [-0.3, -0.25) is 14.4 Å². The van der Waals surface area contributed by atoms with Crippen molar-refractivity contribution in [2.24, 2.45) is 0 Å². The van der Waals surface area contributed by atoms with E-state index in [2.05, 4.69) is 5.32 Å². The molecule has 0 spiro atoms. The van der Waals surface area contributed by atoms with Crippen molar-refractivity contribution in [3.63, 3.8) is 0 Å². The molecule has 2 aliphatic rings. The van der Waals surface area contributed by atoms with Crippen LogP contribution in [0.1, 0.15) is 38.0 Å². The molecule has 1 unspecified atom stereocenters. The normalized spacial score (nSPS) is 18.0. The molecule has 1 N–H and O–H groups in total. The number of esters is 1. The van der Waals surface area contributed by atoms with Crippen molar-refractivity contribution in [2.45, 2.75) is 17.1 Å². The molecule has 1 atom stereocenters. The molecule has 27 heavy (non-hydrogen) atoms. The molecule has 0 radical (unpaired) electrons. The van der Waals surface area contributed by atoms with Crippen molar-refractivity contribution in [1.29, 1.82) is 0 Å². The second-order valence-electron chi connectivity index (χ2n) is 6.11. The monoisotopic (exact) mass is 382 g/mol. The molecule has 2 heterocycles. The first-order valence-corrected chi connectivity index (χ1v) is 9.07. The van der Waals surface area contributed by atoms with Crippen LogP contribution in [0.5, 0.6) is 0 Å². The van der Waals surface area contributed by atoms with Crippen LogP contribution in [-0.2, 0) is 9.53 Å². The second-order valence-corrected chi connectivity index (χ2v) is 7.49. The van der Waals surface area contributed by atoms with Crippen molar-refractivity contribution in [2.75, 3.05) is 12.0 Å².